The largest absolute Gasteiger partial charge is 0.308 e. The fourth-order valence-electron chi connectivity index (χ4n) is 3.59. The van der Waals surface area contributed by atoms with Gasteiger partial charge in [0.15, 0.2) is 5.65 Å². The molecular formula is C23H16BrClN4O3S3. The van der Waals surface area contributed by atoms with Crippen LogP contribution in [0, 0.1) is 6.92 Å². The number of nitrogens with zero attached hydrogens (tertiary/aromatic N) is 3. The van der Waals surface area contributed by atoms with Crippen molar-refractivity contribution in [1.29, 1.82) is 0 Å². The molecule has 4 heterocycles. The lowest BCUT2D eigenvalue weighted by atomic mass is 10.1. The minimum Gasteiger partial charge on any atom is -0.308 e. The number of hydrogen-bond donors (Lipinski definition) is 1. The Bertz CT molecular complexity index is 1680. The van der Waals surface area contributed by atoms with Crippen LogP contribution in [-0.2, 0) is 16.6 Å². The van der Waals surface area contributed by atoms with E-state index in [4.69, 9.17) is 11.6 Å². The maximum Gasteiger partial charge on any atom is 0.283 e. The van der Waals surface area contributed by atoms with Crippen LogP contribution >= 0.6 is 50.2 Å². The molecule has 0 atom stereocenters. The van der Waals surface area contributed by atoms with Crippen molar-refractivity contribution in [2.75, 3.05) is 0 Å². The van der Waals surface area contributed by atoms with Gasteiger partial charge in [0, 0.05) is 10.4 Å². The van der Waals surface area contributed by atoms with Crippen molar-refractivity contribution in [3.8, 4) is 10.4 Å². The summed E-state index contributed by atoms with van der Waals surface area (Å²) in [5.74, 6) is -0.127. The summed E-state index contributed by atoms with van der Waals surface area (Å²) in [4.78, 5) is 22.8. The number of rotatable bonds is 6. The number of aryl methyl sites for hydroxylation is 1. The van der Waals surface area contributed by atoms with E-state index in [1.807, 2.05) is 47.2 Å². The van der Waals surface area contributed by atoms with Crippen LogP contribution in [0.15, 0.2) is 68.0 Å². The molecule has 12 heteroatoms. The van der Waals surface area contributed by atoms with E-state index in [-0.39, 0.29) is 9.90 Å². The first kappa shape index (κ1) is 24.1. The molecule has 35 heavy (non-hydrogen) atoms. The number of pyridine rings is 1. The molecule has 1 amide bonds. The molecule has 5 rings (SSSR count). The maximum absolute atomic E-state index is 12.8. The van der Waals surface area contributed by atoms with Gasteiger partial charge in [0.2, 0.25) is 0 Å². The molecule has 0 saturated carbocycles. The normalized spacial score (nSPS) is 11.7. The average Bonchev–Trinajstić information content (AvgIpc) is 3.56. The summed E-state index contributed by atoms with van der Waals surface area (Å²) in [6.45, 7) is 2.23. The molecule has 5 aromatic rings. The minimum atomic E-state index is -4.02. The zero-order chi connectivity index (χ0) is 24.7. The maximum atomic E-state index is 12.8. The Labute approximate surface area is 222 Å². The van der Waals surface area contributed by atoms with Crippen LogP contribution in [0.1, 0.15) is 21.9 Å². The number of halogens is 2. The second-order valence-corrected chi connectivity index (χ2v) is 13.2. The molecule has 1 N–H and O–H groups in total. The van der Waals surface area contributed by atoms with Gasteiger partial charge in [-0.25, -0.2) is 23.1 Å². The van der Waals surface area contributed by atoms with Crippen molar-refractivity contribution in [1.82, 2.24) is 19.3 Å². The Morgan fingerprint density at radius 1 is 1.11 bits per heavy atom. The molecule has 178 valence electrons. The molecule has 7 nitrogen and oxygen atoms in total. The third kappa shape index (κ3) is 4.78. The minimum absolute atomic E-state index is 0.0277. The topological polar surface area (TPSA) is 93.9 Å². The molecule has 4 aromatic heterocycles. The van der Waals surface area contributed by atoms with Gasteiger partial charge < -0.3 is 4.57 Å². The Morgan fingerprint density at radius 3 is 2.66 bits per heavy atom. The van der Waals surface area contributed by atoms with Crippen molar-refractivity contribution in [3.05, 3.63) is 85.9 Å². The standard InChI is InChI=1S/C23H16BrClN4O3S3/c1-13-26-16-7-8-17(23(30)28-35(31,32)20-10-9-19(24)34-20)27-22(16)29(13)12-14-4-2-5-15(21(14)25)18-6-3-11-33-18/h2-11H,12H2,1H3,(H,28,30). The fraction of sp³-hybridized carbons (Fsp3) is 0.0870. The van der Waals surface area contributed by atoms with E-state index in [1.165, 1.54) is 12.1 Å². The lowest BCUT2D eigenvalue weighted by molar-refractivity contribution is 0.0977. The van der Waals surface area contributed by atoms with E-state index in [0.717, 1.165) is 27.3 Å². The van der Waals surface area contributed by atoms with Crippen LogP contribution in [-0.4, -0.2) is 28.9 Å². The molecule has 0 saturated heterocycles. The van der Waals surface area contributed by atoms with Gasteiger partial charge in [0.1, 0.15) is 21.2 Å². The highest BCUT2D eigenvalue weighted by atomic mass is 79.9. The highest BCUT2D eigenvalue weighted by molar-refractivity contribution is 9.11. The third-order valence-corrected chi connectivity index (χ3v) is 10.0. The Kier molecular flexibility index (Phi) is 6.53. The quantitative estimate of drug-likeness (QED) is 0.251. The van der Waals surface area contributed by atoms with E-state index >= 15 is 0 Å². The third-order valence-electron chi connectivity index (χ3n) is 5.25. The smallest absolute Gasteiger partial charge is 0.283 e. The number of nitrogens with one attached hydrogen (secondary N) is 1. The first-order valence-corrected chi connectivity index (χ1v) is 14.6. The molecule has 1 aromatic carbocycles. The fourth-order valence-corrected chi connectivity index (χ4v) is 7.66. The molecular weight excluding hydrogens is 592 g/mol. The zero-order valence-corrected chi connectivity index (χ0v) is 22.8. The zero-order valence-electron chi connectivity index (χ0n) is 18.0. The summed E-state index contributed by atoms with van der Waals surface area (Å²) in [5, 5.41) is 2.64. The Morgan fingerprint density at radius 2 is 1.94 bits per heavy atom. The van der Waals surface area contributed by atoms with E-state index < -0.39 is 15.9 Å². The molecule has 0 unspecified atom stereocenters. The highest BCUT2D eigenvalue weighted by Gasteiger charge is 2.22. The summed E-state index contributed by atoms with van der Waals surface area (Å²) in [5.41, 5.74) is 2.84. The number of benzene rings is 1. The monoisotopic (exact) mass is 606 g/mol. The predicted octanol–water partition coefficient (Wildman–Crippen LogP) is 6.11. The number of carbonyl (C=O) groups is 1. The lowest BCUT2D eigenvalue weighted by Gasteiger charge is -2.11. The SMILES string of the molecule is Cc1nc2ccc(C(=O)NS(=O)(=O)c3ccc(Br)s3)nc2n1Cc1cccc(-c2cccs2)c1Cl. The first-order valence-electron chi connectivity index (χ1n) is 10.2. The summed E-state index contributed by atoms with van der Waals surface area (Å²) in [6.07, 6.45) is 0. The van der Waals surface area contributed by atoms with Crippen molar-refractivity contribution >= 4 is 77.3 Å². The Hall–Kier alpha value is -2.57. The van der Waals surface area contributed by atoms with Crippen LogP contribution in [0.4, 0.5) is 0 Å². The molecule has 0 bridgehead atoms. The number of imidazole rings is 1. The summed E-state index contributed by atoms with van der Waals surface area (Å²) < 4.78 is 29.8. The summed E-state index contributed by atoms with van der Waals surface area (Å²) >= 11 is 12.6. The van der Waals surface area contributed by atoms with Crippen molar-refractivity contribution < 1.29 is 13.2 Å². The molecule has 0 radical (unpaired) electrons. The van der Waals surface area contributed by atoms with E-state index in [1.54, 1.807) is 23.5 Å². The number of thiophene rings is 2. The Balaban J connectivity index is 1.48. The van der Waals surface area contributed by atoms with Gasteiger partial charge in [0.25, 0.3) is 15.9 Å². The number of carbonyl (C=O) groups excluding carboxylic acids is 1. The van der Waals surface area contributed by atoms with Gasteiger partial charge in [-0.05, 0) is 64.1 Å². The van der Waals surface area contributed by atoms with Crippen LogP contribution < -0.4 is 4.72 Å². The summed E-state index contributed by atoms with van der Waals surface area (Å²) in [6, 6.07) is 16.0. The van der Waals surface area contributed by atoms with E-state index in [2.05, 4.69) is 30.6 Å². The highest BCUT2D eigenvalue weighted by Crippen LogP contribution is 2.34. The van der Waals surface area contributed by atoms with Gasteiger partial charge >= 0.3 is 0 Å². The molecule has 0 aliphatic rings. The van der Waals surface area contributed by atoms with Gasteiger partial charge in [-0.3, -0.25) is 4.79 Å². The van der Waals surface area contributed by atoms with Crippen molar-refractivity contribution in [3.63, 3.8) is 0 Å². The second kappa shape index (κ2) is 9.47. The van der Waals surface area contributed by atoms with Gasteiger partial charge in [-0.1, -0.05) is 35.9 Å². The van der Waals surface area contributed by atoms with E-state index in [0.29, 0.717) is 32.3 Å². The van der Waals surface area contributed by atoms with Gasteiger partial charge in [0.05, 0.1) is 15.4 Å². The van der Waals surface area contributed by atoms with Gasteiger partial charge in [-0.15, -0.1) is 22.7 Å². The lowest BCUT2D eigenvalue weighted by Crippen LogP contribution is -2.30. The molecule has 0 spiro atoms. The van der Waals surface area contributed by atoms with Crippen LogP contribution in [0.3, 0.4) is 0 Å². The first-order chi connectivity index (χ1) is 16.7. The number of aromatic nitrogens is 3. The van der Waals surface area contributed by atoms with E-state index in [9.17, 15) is 13.2 Å². The van der Waals surface area contributed by atoms with Gasteiger partial charge in [-0.2, -0.15) is 0 Å². The molecule has 0 fully saturated rings. The predicted molar refractivity (Wildman–Crippen MR) is 143 cm³/mol. The summed E-state index contributed by atoms with van der Waals surface area (Å²) in [7, 11) is -4.02. The van der Waals surface area contributed by atoms with Crippen LogP contribution in [0.5, 0.6) is 0 Å². The second-order valence-electron chi connectivity index (χ2n) is 7.53. The van der Waals surface area contributed by atoms with Crippen LogP contribution in [0.25, 0.3) is 21.6 Å². The van der Waals surface area contributed by atoms with Crippen LogP contribution in [0.2, 0.25) is 5.02 Å². The molecule has 0 aliphatic heterocycles. The average molecular weight is 608 g/mol. The number of amides is 1. The van der Waals surface area contributed by atoms with Crippen molar-refractivity contribution in [2.45, 2.75) is 17.7 Å². The number of fused-ring (bicyclic) bond motifs is 1. The van der Waals surface area contributed by atoms with Crippen molar-refractivity contribution in [2.24, 2.45) is 0 Å². The number of hydrogen-bond acceptors (Lipinski definition) is 7. The molecule has 0 aliphatic carbocycles. The number of sulfonamides is 1.